The number of allylic oxidation sites excluding steroid dienone is 2. The zero-order valence-electron chi connectivity index (χ0n) is 35.0. The zero-order valence-corrected chi connectivity index (χ0v) is 35.9. The topological polar surface area (TPSA) is 172 Å². The van der Waals surface area contributed by atoms with E-state index in [1.54, 1.807) is 0 Å². The quantitative estimate of drug-likeness (QED) is 0.0232. The molecule has 0 aromatic heterocycles. The van der Waals surface area contributed by atoms with Crippen LogP contribution in [0.2, 0.25) is 0 Å². The first-order valence-corrected chi connectivity index (χ1v) is 23.7. The Balaban J connectivity index is 4.16. The van der Waals surface area contributed by atoms with Gasteiger partial charge < -0.3 is 25.2 Å². The number of phosphoric ester groups is 1. The summed E-state index contributed by atoms with van der Waals surface area (Å²) in [6.45, 7) is 2.78. The molecule has 324 valence electrons. The zero-order chi connectivity index (χ0) is 40.7. The van der Waals surface area contributed by atoms with Crippen molar-refractivity contribution in [1.82, 2.24) is 0 Å². The summed E-state index contributed by atoms with van der Waals surface area (Å²) in [7, 11) is -4.70. The van der Waals surface area contributed by atoms with Crippen LogP contribution in [0.15, 0.2) is 12.2 Å². The monoisotopic (exact) mass is 804 g/mol. The lowest BCUT2D eigenvalue weighted by molar-refractivity contribution is -0.161. The summed E-state index contributed by atoms with van der Waals surface area (Å²) in [5.74, 6) is -2.37. The Morgan fingerprint density at radius 3 is 1.33 bits per heavy atom. The Morgan fingerprint density at radius 1 is 0.545 bits per heavy atom. The van der Waals surface area contributed by atoms with Gasteiger partial charge in [0.15, 0.2) is 6.10 Å². The molecule has 0 aliphatic heterocycles. The lowest BCUT2D eigenvalue weighted by Crippen LogP contribution is -2.34. The number of carboxylic acids is 1. The van der Waals surface area contributed by atoms with Crippen molar-refractivity contribution in [2.75, 3.05) is 19.8 Å². The van der Waals surface area contributed by atoms with Crippen LogP contribution >= 0.6 is 7.82 Å². The largest absolute Gasteiger partial charge is 0.480 e. The molecule has 0 fully saturated rings. The standard InChI is InChI=1S/C43H82NO10P/c1-3-5-7-9-11-13-14-15-16-17-18-19-20-21-22-23-24-25-26-27-29-31-33-35-42(46)54-39(37-52-55(49,50)53-38-40(44)43(47)48)36-51-41(45)34-32-30-28-12-10-8-6-4-2/h17-18,39-40H,3-16,19-38,44H2,1-2H3,(H,47,48)(H,49,50)/b18-17-. The molecule has 0 aromatic carbocycles. The summed E-state index contributed by atoms with van der Waals surface area (Å²) in [6.07, 6.45) is 38.7. The van der Waals surface area contributed by atoms with Crippen LogP contribution in [0, 0.1) is 0 Å². The van der Waals surface area contributed by atoms with E-state index in [4.69, 9.17) is 24.8 Å². The average molecular weight is 804 g/mol. The van der Waals surface area contributed by atoms with Crippen LogP contribution in [0.1, 0.15) is 213 Å². The molecule has 12 heteroatoms. The second-order valence-corrected chi connectivity index (χ2v) is 16.6. The van der Waals surface area contributed by atoms with Crippen molar-refractivity contribution in [2.45, 2.75) is 225 Å². The summed E-state index contributed by atoms with van der Waals surface area (Å²) in [5.41, 5.74) is 5.32. The molecule has 11 nitrogen and oxygen atoms in total. The molecule has 4 N–H and O–H groups in total. The molecule has 0 heterocycles. The molecule has 0 rings (SSSR count). The Hall–Kier alpha value is -1.78. The van der Waals surface area contributed by atoms with E-state index >= 15 is 0 Å². The van der Waals surface area contributed by atoms with Crippen LogP contribution in [-0.2, 0) is 37.5 Å². The Morgan fingerprint density at radius 2 is 0.909 bits per heavy atom. The molecule has 3 unspecified atom stereocenters. The summed E-state index contributed by atoms with van der Waals surface area (Å²) in [6, 6.07) is -1.52. The van der Waals surface area contributed by atoms with E-state index < -0.39 is 51.1 Å². The van der Waals surface area contributed by atoms with Crippen LogP contribution < -0.4 is 5.73 Å². The molecule has 0 saturated heterocycles. The number of unbranched alkanes of at least 4 members (excludes halogenated alkanes) is 26. The van der Waals surface area contributed by atoms with Gasteiger partial charge in [0.1, 0.15) is 12.6 Å². The fourth-order valence-electron chi connectivity index (χ4n) is 6.24. The number of hydrogen-bond donors (Lipinski definition) is 3. The first-order valence-electron chi connectivity index (χ1n) is 22.2. The highest BCUT2D eigenvalue weighted by Gasteiger charge is 2.28. The summed E-state index contributed by atoms with van der Waals surface area (Å²) >= 11 is 0. The number of nitrogens with two attached hydrogens (primary N) is 1. The maximum absolute atomic E-state index is 12.6. The third-order valence-corrected chi connectivity index (χ3v) is 10.7. The van der Waals surface area contributed by atoms with Crippen LogP contribution in [0.25, 0.3) is 0 Å². The number of esters is 2. The van der Waals surface area contributed by atoms with E-state index in [0.29, 0.717) is 12.8 Å². The van der Waals surface area contributed by atoms with Gasteiger partial charge in [0.25, 0.3) is 0 Å². The van der Waals surface area contributed by atoms with Gasteiger partial charge in [-0.15, -0.1) is 0 Å². The fourth-order valence-corrected chi connectivity index (χ4v) is 7.02. The lowest BCUT2D eigenvalue weighted by Gasteiger charge is -2.20. The number of ether oxygens (including phenoxy) is 2. The third-order valence-electron chi connectivity index (χ3n) is 9.76. The van der Waals surface area contributed by atoms with Crippen molar-refractivity contribution in [3.8, 4) is 0 Å². The first-order chi connectivity index (χ1) is 26.6. The number of carbonyl (C=O) groups excluding carboxylic acids is 2. The fraction of sp³-hybridized carbons (Fsp3) is 0.884. The Labute approximate surface area is 335 Å². The number of aliphatic carboxylic acids is 1. The molecule has 0 bridgehead atoms. The molecular weight excluding hydrogens is 721 g/mol. The minimum Gasteiger partial charge on any atom is -0.480 e. The minimum absolute atomic E-state index is 0.165. The molecular formula is C43H82NO10P. The Bertz CT molecular complexity index is 995. The van der Waals surface area contributed by atoms with Gasteiger partial charge in [-0.1, -0.05) is 174 Å². The van der Waals surface area contributed by atoms with Crippen LogP contribution in [-0.4, -0.2) is 59.9 Å². The SMILES string of the molecule is CCCCCCCCCC/C=C\CCCCCCCCCCCCCC(=O)OC(COC(=O)CCCCCCCCCC)COP(=O)(O)OCC(N)C(=O)O. The van der Waals surface area contributed by atoms with Crippen molar-refractivity contribution in [3.05, 3.63) is 12.2 Å². The smallest absolute Gasteiger partial charge is 0.472 e. The molecule has 0 aliphatic carbocycles. The summed E-state index contributed by atoms with van der Waals surface area (Å²) < 4.78 is 32.6. The van der Waals surface area contributed by atoms with Crippen molar-refractivity contribution >= 4 is 25.7 Å². The van der Waals surface area contributed by atoms with E-state index in [1.807, 2.05) is 0 Å². The highest BCUT2D eigenvalue weighted by molar-refractivity contribution is 7.47. The van der Waals surface area contributed by atoms with Gasteiger partial charge in [0, 0.05) is 12.8 Å². The van der Waals surface area contributed by atoms with Crippen molar-refractivity contribution in [3.63, 3.8) is 0 Å². The van der Waals surface area contributed by atoms with Crippen molar-refractivity contribution in [1.29, 1.82) is 0 Å². The molecule has 0 amide bonds. The van der Waals surface area contributed by atoms with E-state index in [-0.39, 0.29) is 19.4 Å². The molecule has 0 saturated carbocycles. The second-order valence-electron chi connectivity index (χ2n) is 15.2. The van der Waals surface area contributed by atoms with Gasteiger partial charge in [-0.25, -0.2) is 4.57 Å². The van der Waals surface area contributed by atoms with Crippen LogP contribution in [0.4, 0.5) is 0 Å². The highest BCUT2D eigenvalue weighted by atomic mass is 31.2. The summed E-state index contributed by atoms with van der Waals surface area (Å²) in [4.78, 5) is 45.8. The van der Waals surface area contributed by atoms with E-state index in [9.17, 15) is 23.8 Å². The highest BCUT2D eigenvalue weighted by Crippen LogP contribution is 2.43. The van der Waals surface area contributed by atoms with Gasteiger partial charge in [-0.05, 0) is 38.5 Å². The molecule has 0 aromatic rings. The van der Waals surface area contributed by atoms with Gasteiger partial charge in [0.05, 0.1) is 13.2 Å². The maximum Gasteiger partial charge on any atom is 0.472 e. The normalized spacial score (nSPS) is 13.8. The first kappa shape index (κ1) is 53.2. The predicted molar refractivity (Wildman–Crippen MR) is 222 cm³/mol. The van der Waals surface area contributed by atoms with Crippen LogP contribution in [0.3, 0.4) is 0 Å². The van der Waals surface area contributed by atoms with Crippen LogP contribution in [0.5, 0.6) is 0 Å². The second kappa shape index (κ2) is 39.1. The van der Waals surface area contributed by atoms with Gasteiger partial charge in [-0.2, -0.15) is 0 Å². The number of carbonyl (C=O) groups is 3. The molecule has 3 atom stereocenters. The Kier molecular flexibility index (Phi) is 37.8. The average Bonchev–Trinajstić information content (AvgIpc) is 3.16. The maximum atomic E-state index is 12.6. The van der Waals surface area contributed by atoms with E-state index in [2.05, 4.69) is 30.5 Å². The number of phosphoric acid groups is 1. The van der Waals surface area contributed by atoms with Gasteiger partial charge in [0.2, 0.25) is 0 Å². The van der Waals surface area contributed by atoms with Gasteiger partial charge >= 0.3 is 25.7 Å². The third kappa shape index (κ3) is 38.9. The van der Waals surface area contributed by atoms with Crippen molar-refractivity contribution < 1.29 is 47.5 Å². The summed E-state index contributed by atoms with van der Waals surface area (Å²) in [5, 5.41) is 8.87. The van der Waals surface area contributed by atoms with Gasteiger partial charge in [-0.3, -0.25) is 23.4 Å². The molecule has 0 aliphatic rings. The van der Waals surface area contributed by atoms with E-state index in [1.165, 1.54) is 135 Å². The predicted octanol–water partition coefficient (Wildman–Crippen LogP) is 11.7. The molecule has 0 spiro atoms. The number of carboxylic acid groups (broad SMARTS) is 1. The minimum atomic E-state index is -4.70. The number of hydrogen-bond acceptors (Lipinski definition) is 9. The lowest BCUT2D eigenvalue weighted by atomic mass is 10.0. The number of rotatable bonds is 42. The molecule has 0 radical (unpaired) electrons. The van der Waals surface area contributed by atoms with Crippen molar-refractivity contribution in [2.24, 2.45) is 5.73 Å². The molecule has 55 heavy (non-hydrogen) atoms. The van der Waals surface area contributed by atoms with E-state index in [0.717, 1.165) is 38.5 Å².